The average Bonchev–Trinajstić information content (AvgIpc) is 3.41. The quantitative estimate of drug-likeness (QED) is 0.425. The summed E-state index contributed by atoms with van der Waals surface area (Å²) in [6.07, 6.45) is 10.7. The second-order valence-corrected chi connectivity index (χ2v) is 9.67. The fourth-order valence-electron chi connectivity index (χ4n) is 5.23. The van der Waals surface area contributed by atoms with Crippen LogP contribution in [-0.4, -0.2) is 70.9 Å². The van der Waals surface area contributed by atoms with Crippen molar-refractivity contribution in [3.63, 3.8) is 0 Å². The normalized spacial score (nSPS) is 16.3. The van der Waals surface area contributed by atoms with Crippen molar-refractivity contribution in [3.05, 3.63) is 77.9 Å². The summed E-state index contributed by atoms with van der Waals surface area (Å²) in [5, 5.41) is 17.6. The molecule has 1 N–H and O–H groups in total. The number of nitrogens with zero attached hydrogens (tertiary/aromatic N) is 7. The summed E-state index contributed by atoms with van der Waals surface area (Å²) >= 11 is 0. The molecule has 0 spiro atoms. The molecule has 1 saturated heterocycles. The molecule has 0 unspecified atom stereocenters. The summed E-state index contributed by atoms with van der Waals surface area (Å²) in [6.45, 7) is 6.46. The monoisotopic (exact) mass is 506 g/mol. The van der Waals surface area contributed by atoms with Crippen LogP contribution >= 0.6 is 0 Å². The first-order valence-electron chi connectivity index (χ1n) is 13.0. The zero-order valence-corrected chi connectivity index (χ0v) is 21.5. The first-order chi connectivity index (χ1) is 18.7. The van der Waals surface area contributed by atoms with Crippen LogP contribution in [0.5, 0.6) is 5.88 Å². The number of aromatic nitrogens is 4. The number of hydrogen-bond donors (Lipinski definition) is 1. The maximum absolute atomic E-state index is 9.71. The zero-order chi connectivity index (χ0) is 25.9. The Morgan fingerprint density at radius 1 is 1.03 bits per heavy atom. The van der Waals surface area contributed by atoms with Gasteiger partial charge >= 0.3 is 0 Å². The fraction of sp³-hybridized carbons (Fsp3) is 0.310. The zero-order valence-electron chi connectivity index (χ0n) is 21.5. The van der Waals surface area contributed by atoms with Crippen molar-refractivity contribution < 1.29 is 4.74 Å². The van der Waals surface area contributed by atoms with Crippen LogP contribution in [0, 0.1) is 11.3 Å². The van der Waals surface area contributed by atoms with Crippen molar-refractivity contribution in [2.24, 2.45) is 0 Å². The van der Waals surface area contributed by atoms with E-state index in [9.17, 15) is 5.26 Å². The summed E-state index contributed by atoms with van der Waals surface area (Å²) in [7, 11) is 1.63. The molecule has 9 heteroatoms. The molecule has 9 nitrogen and oxygen atoms in total. The van der Waals surface area contributed by atoms with E-state index in [2.05, 4.69) is 61.6 Å². The number of rotatable bonds is 6. The number of methoxy groups -OCH3 is 1. The van der Waals surface area contributed by atoms with E-state index in [0.717, 1.165) is 80.3 Å². The van der Waals surface area contributed by atoms with Gasteiger partial charge in [-0.3, -0.25) is 4.90 Å². The van der Waals surface area contributed by atoms with Gasteiger partial charge in [-0.25, -0.2) is 14.5 Å². The molecule has 0 bridgehead atoms. The lowest BCUT2D eigenvalue weighted by Crippen LogP contribution is -2.46. The van der Waals surface area contributed by atoms with E-state index in [1.807, 2.05) is 29.2 Å². The molecule has 2 aliphatic heterocycles. The number of anilines is 1. The SMILES string of the molecule is COc1ccc(CN2CCN(c3ccc(-c4cc(C5=CCNCC5)cn5ncc(C#N)c45)cn3)CC2)cn1. The standard InChI is InChI=1S/C29H30N8O/c1-38-28-5-2-21(16-33-28)19-35-10-12-36(13-11-35)27-4-3-23(17-32-27)26-14-24(22-6-8-31-9-7-22)20-37-29(26)25(15-30)18-34-37/h2-6,14,16-18,20,31H,7-13,19H2,1H3. The topological polar surface area (TPSA) is 94.6 Å². The Labute approximate surface area is 222 Å². The second kappa shape index (κ2) is 10.6. The first-order valence-corrected chi connectivity index (χ1v) is 13.0. The molecule has 4 aromatic heterocycles. The van der Waals surface area contributed by atoms with E-state index in [0.29, 0.717) is 11.4 Å². The number of nitriles is 1. The van der Waals surface area contributed by atoms with Gasteiger partial charge in [0.05, 0.1) is 24.4 Å². The first kappa shape index (κ1) is 24.1. The van der Waals surface area contributed by atoms with Crippen molar-refractivity contribution in [2.75, 3.05) is 51.3 Å². The lowest BCUT2D eigenvalue weighted by molar-refractivity contribution is 0.249. The van der Waals surface area contributed by atoms with Gasteiger partial charge in [-0.2, -0.15) is 10.4 Å². The molecule has 0 radical (unpaired) electrons. The number of pyridine rings is 3. The second-order valence-electron chi connectivity index (χ2n) is 9.67. The van der Waals surface area contributed by atoms with Gasteiger partial charge in [-0.15, -0.1) is 0 Å². The number of piperazine rings is 1. The van der Waals surface area contributed by atoms with Gasteiger partial charge in [0.25, 0.3) is 0 Å². The maximum atomic E-state index is 9.71. The van der Waals surface area contributed by atoms with Crippen LogP contribution in [0.1, 0.15) is 23.1 Å². The minimum absolute atomic E-state index is 0.568. The van der Waals surface area contributed by atoms with E-state index in [1.54, 1.807) is 13.3 Å². The van der Waals surface area contributed by atoms with Crippen molar-refractivity contribution in [2.45, 2.75) is 13.0 Å². The Morgan fingerprint density at radius 3 is 2.61 bits per heavy atom. The van der Waals surface area contributed by atoms with Crippen molar-refractivity contribution in [1.29, 1.82) is 5.26 Å². The lowest BCUT2D eigenvalue weighted by Gasteiger charge is -2.35. The third kappa shape index (κ3) is 4.84. The Morgan fingerprint density at radius 2 is 1.92 bits per heavy atom. The predicted octanol–water partition coefficient (Wildman–Crippen LogP) is 3.37. The fourth-order valence-corrected chi connectivity index (χ4v) is 5.23. The Kier molecular flexibility index (Phi) is 6.73. The molecular formula is C29H30N8O. The van der Waals surface area contributed by atoms with Crippen LogP contribution in [0.2, 0.25) is 0 Å². The van der Waals surface area contributed by atoms with Crippen LogP contribution in [0.4, 0.5) is 5.82 Å². The van der Waals surface area contributed by atoms with Gasteiger partial charge in [0.1, 0.15) is 11.9 Å². The van der Waals surface area contributed by atoms with Gasteiger partial charge in [0, 0.05) is 75.1 Å². The number of nitrogens with one attached hydrogen (secondary N) is 1. The van der Waals surface area contributed by atoms with Gasteiger partial charge in [0.15, 0.2) is 0 Å². The van der Waals surface area contributed by atoms with Crippen LogP contribution < -0.4 is 15.0 Å². The molecular weight excluding hydrogens is 476 g/mol. The maximum Gasteiger partial charge on any atom is 0.212 e. The van der Waals surface area contributed by atoms with E-state index < -0.39 is 0 Å². The Hall–Kier alpha value is -4.26. The summed E-state index contributed by atoms with van der Waals surface area (Å²) in [4.78, 5) is 13.9. The summed E-state index contributed by atoms with van der Waals surface area (Å²) in [5.74, 6) is 1.61. The third-order valence-electron chi connectivity index (χ3n) is 7.34. The van der Waals surface area contributed by atoms with Crippen molar-refractivity contribution >= 4 is 16.9 Å². The largest absolute Gasteiger partial charge is 0.481 e. The highest BCUT2D eigenvalue weighted by molar-refractivity contribution is 5.87. The van der Waals surface area contributed by atoms with E-state index >= 15 is 0 Å². The van der Waals surface area contributed by atoms with Crippen LogP contribution in [0.25, 0.3) is 22.2 Å². The highest BCUT2D eigenvalue weighted by atomic mass is 16.5. The summed E-state index contributed by atoms with van der Waals surface area (Å²) < 4.78 is 6.99. The molecule has 192 valence electrons. The number of fused-ring (bicyclic) bond motifs is 1. The number of ether oxygens (including phenoxy) is 1. The van der Waals surface area contributed by atoms with Gasteiger partial charge in [-0.05, 0) is 47.9 Å². The average molecular weight is 507 g/mol. The number of hydrogen-bond acceptors (Lipinski definition) is 8. The molecule has 6 rings (SSSR count). The highest BCUT2D eigenvalue weighted by Crippen LogP contribution is 2.32. The minimum Gasteiger partial charge on any atom is -0.481 e. The van der Waals surface area contributed by atoms with Gasteiger partial charge < -0.3 is 15.0 Å². The minimum atomic E-state index is 0.568. The van der Waals surface area contributed by atoms with E-state index in [4.69, 9.17) is 9.72 Å². The molecule has 0 saturated carbocycles. The Balaban J connectivity index is 1.20. The summed E-state index contributed by atoms with van der Waals surface area (Å²) in [5.41, 5.74) is 6.97. The summed E-state index contributed by atoms with van der Waals surface area (Å²) in [6, 6.07) is 12.7. The predicted molar refractivity (Wildman–Crippen MR) is 147 cm³/mol. The molecule has 4 aromatic rings. The van der Waals surface area contributed by atoms with E-state index in [-0.39, 0.29) is 0 Å². The molecule has 0 atom stereocenters. The van der Waals surface area contributed by atoms with Crippen molar-refractivity contribution in [1.82, 2.24) is 29.8 Å². The molecule has 0 amide bonds. The van der Waals surface area contributed by atoms with Crippen LogP contribution in [0.3, 0.4) is 0 Å². The van der Waals surface area contributed by atoms with Crippen LogP contribution in [0.15, 0.2) is 61.2 Å². The highest BCUT2D eigenvalue weighted by Gasteiger charge is 2.20. The Bertz CT molecular complexity index is 1490. The molecule has 0 aliphatic carbocycles. The van der Waals surface area contributed by atoms with Crippen LogP contribution in [-0.2, 0) is 6.54 Å². The van der Waals surface area contributed by atoms with Crippen molar-refractivity contribution in [3.8, 4) is 23.1 Å². The smallest absolute Gasteiger partial charge is 0.212 e. The molecule has 0 aromatic carbocycles. The molecule has 6 heterocycles. The van der Waals surface area contributed by atoms with Gasteiger partial charge in [-0.1, -0.05) is 12.1 Å². The van der Waals surface area contributed by atoms with Gasteiger partial charge in [0.2, 0.25) is 5.88 Å². The third-order valence-corrected chi connectivity index (χ3v) is 7.34. The van der Waals surface area contributed by atoms with E-state index in [1.165, 1.54) is 11.1 Å². The molecule has 2 aliphatic rings. The molecule has 1 fully saturated rings. The molecule has 38 heavy (non-hydrogen) atoms. The lowest BCUT2D eigenvalue weighted by atomic mass is 9.97.